The Kier molecular flexibility index (Phi) is 5.06. The van der Waals surface area contributed by atoms with Crippen LogP contribution in [-0.4, -0.2) is 16.1 Å². The zero-order valence-corrected chi connectivity index (χ0v) is 14.3. The number of hydrogen-bond acceptors (Lipinski definition) is 4. The number of aromatic nitrogens is 2. The molecule has 1 aromatic heterocycles. The second-order valence-corrected chi connectivity index (χ2v) is 5.76. The molecular formula is C21H19N3O. The first-order chi connectivity index (χ1) is 12.2. The Bertz CT molecular complexity index is 886. The Labute approximate surface area is 147 Å². The van der Waals surface area contributed by atoms with Crippen LogP contribution in [0.3, 0.4) is 0 Å². The lowest BCUT2D eigenvalue weighted by Crippen LogP contribution is -2.13. The highest BCUT2D eigenvalue weighted by Crippen LogP contribution is 2.32. The second-order valence-electron chi connectivity index (χ2n) is 5.76. The van der Waals surface area contributed by atoms with Gasteiger partial charge in [-0.25, -0.2) is 9.97 Å². The van der Waals surface area contributed by atoms with Crippen LogP contribution in [0.1, 0.15) is 26.0 Å². The average molecular weight is 329 g/mol. The third-order valence-corrected chi connectivity index (χ3v) is 3.95. The van der Waals surface area contributed by atoms with Crippen LogP contribution in [0.4, 0.5) is 0 Å². The fourth-order valence-electron chi connectivity index (χ4n) is 2.44. The summed E-state index contributed by atoms with van der Waals surface area (Å²) >= 11 is 0. The van der Waals surface area contributed by atoms with Gasteiger partial charge < -0.3 is 4.74 Å². The van der Waals surface area contributed by atoms with Crippen molar-refractivity contribution in [3.8, 4) is 34.5 Å². The molecule has 0 N–H and O–H groups in total. The predicted octanol–water partition coefficient (Wildman–Crippen LogP) is 4.86. The van der Waals surface area contributed by atoms with Crippen molar-refractivity contribution in [2.75, 3.05) is 0 Å². The Morgan fingerprint density at radius 2 is 1.44 bits per heavy atom. The molecule has 4 heteroatoms. The van der Waals surface area contributed by atoms with Gasteiger partial charge >= 0.3 is 0 Å². The lowest BCUT2D eigenvalue weighted by molar-refractivity contribution is 0.207. The van der Waals surface area contributed by atoms with Gasteiger partial charge in [0, 0.05) is 11.1 Å². The van der Waals surface area contributed by atoms with Crippen molar-refractivity contribution >= 4 is 0 Å². The Balaban J connectivity index is 2.22. The predicted molar refractivity (Wildman–Crippen MR) is 98.0 cm³/mol. The van der Waals surface area contributed by atoms with Gasteiger partial charge in [0.2, 0.25) is 5.69 Å². The van der Waals surface area contributed by atoms with Crippen LogP contribution >= 0.6 is 0 Å². The summed E-state index contributed by atoms with van der Waals surface area (Å²) in [6.07, 6.45) is 0.792. The van der Waals surface area contributed by atoms with Crippen LogP contribution in [0, 0.1) is 11.3 Å². The Morgan fingerprint density at radius 1 is 0.920 bits per heavy atom. The van der Waals surface area contributed by atoms with Crippen molar-refractivity contribution < 1.29 is 4.74 Å². The number of benzene rings is 2. The van der Waals surface area contributed by atoms with Gasteiger partial charge in [0.1, 0.15) is 11.8 Å². The molecule has 0 saturated heterocycles. The van der Waals surface area contributed by atoms with E-state index in [-0.39, 0.29) is 17.7 Å². The van der Waals surface area contributed by atoms with Crippen LogP contribution in [0.2, 0.25) is 0 Å². The molecule has 25 heavy (non-hydrogen) atoms. The van der Waals surface area contributed by atoms with E-state index in [0.717, 1.165) is 17.5 Å². The maximum atomic E-state index is 9.50. The van der Waals surface area contributed by atoms with E-state index in [1.54, 1.807) is 0 Å². The van der Waals surface area contributed by atoms with Crippen molar-refractivity contribution in [2.24, 2.45) is 0 Å². The van der Waals surface area contributed by atoms with Crippen LogP contribution in [0.5, 0.6) is 5.88 Å². The number of rotatable bonds is 5. The summed E-state index contributed by atoms with van der Waals surface area (Å²) in [7, 11) is 0. The van der Waals surface area contributed by atoms with Gasteiger partial charge in [0.15, 0.2) is 0 Å². The second kappa shape index (κ2) is 7.59. The van der Waals surface area contributed by atoms with Crippen LogP contribution < -0.4 is 4.74 Å². The summed E-state index contributed by atoms with van der Waals surface area (Å²) in [4.78, 5) is 9.25. The van der Waals surface area contributed by atoms with E-state index in [1.165, 1.54) is 0 Å². The highest BCUT2D eigenvalue weighted by atomic mass is 16.5. The number of ether oxygens (including phenoxy) is 1. The van der Waals surface area contributed by atoms with Gasteiger partial charge in [0.05, 0.1) is 11.8 Å². The first-order valence-corrected chi connectivity index (χ1v) is 8.32. The van der Waals surface area contributed by atoms with Crippen molar-refractivity contribution in [2.45, 2.75) is 26.4 Å². The standard InChI is InChI=1S/C21H19N3O/c1-3-15(2)25-21-18(14-22)23-19(16-10-6-4-7-11-16)20(24-21)17-12-8-5-9-13-17/h4-13,15H,3H2,1-2H3. The van der Waals surface area contributed by atoms with Gasteiger partial charge in [-0.2, -0.15) is 5.26 Å². The van der Waals surface area contributed by atoms with Crippen molar-refractivity contribution in [3.63, 3.8) is 0 Å². The van der Waals surface area contributed by atoms with Crippen molar-refractivity contribution in [1.82, 2.24) is 9.97 Å². The molecule has 0 saturated carbocycles. The van der Waals surface area contributed by atoms with E-state index in [4.69, 9.17) is 4.74 Å². The summed E-state index contributed by atoms with van der Waals surface area (Å²) in [6, 6.07) is 21.7. The topological polar surface area (TPSA) is 58.8 Å². The molecule has 1 heterocycles. The fraction of sp³-hybridized carbons (Fsp3) is 0.190. The van der Waals surface area contributed by atoms with E-state index in [2.05, 4.69) is 16.0 Å². The lowest BCUT2D eigenvalue weighted by atomic mass is 10.0. The third kappa shape index (κ3) is 3.67. The molecule has 2 aromatic carbocycles. The molecule has 0 spiro atoms. The molecule has 0 bridgehead atoms. The first kappa shape index (κ1) is 16.7. The molecule has 1 unspecified atom stereocenters. The smallest absolute Gasteiger partial charge is 0.252 e. The van der Waals surface area contributed by atoms with Crippen LogP contribution in [0.15, 0.2) is 60.7 Å². The van der Waals surface area contributed by atoms with E-state index in [0.29, 0.717) is 11.4 Å². The number of nitrogens with zero attached hydrogens (tertiary/aromatic N) is 3. The van der Waals surface area contributed by atoms with Crippen LogP contribution in [0.25, 0.3) is 22.5 Å². The quantitative estimate of drug-likeness (QED) is 0.671. The highest BCUT2D eigenvalue weighted by molar-refractivity contribution is 5.78. The molecule has 0 amide bonds. The molecule has 124 valence electrons. The molecule has 4 nitrogen and oxygen atoms in total. The van der Waals surface area contributed by atoms with E-state index < -0.39 is 0 Å². The fourth-order valence-corrected chi connectivity index (χ4v) is 2.44. The maximum absolute atomic E-state index is 9.50. The van der Waals surface area contributed by atoms with Gasteiger partial charge in [-0.1, -0.05) is 67.6 Å². The van der Waals surface area contributed by atoms with Gasteiger partial charge in [-0.15, -0.1) is 0 Å². The average Bonchev–Trinajstić information content (AvgIpc) is 2.69. The maximum Gasteiger partial charge on any atom is 0.252 e. The number of hydrogen-bond donors (Lipinski definition) is 0. The summed E-state index contributed by atoms with van der Waals surface area (Å²) < 4.78 is 5.84. The monoisotopic (exact) mass is 329 g/mol. The molecule has 1 atom stereocenters. The van der Waals surface area contributed by atoms with Crippen LogP contribution in [-0.2, 0) is 0 Å². The molecule has 3 aromatic rings. The molecule has 0 aliphatic carbocycles. The molecule has 3 rings (SSSR count). The zero-order valence-electron chi connectivity index (χ0n) is 14.3. The molecule has 0 fully saturated rings. The van der Waals surface area contributed by atoms with E-state index in [9.17, 15) is 5.26 Å². The summed E-state index contributed by atoms with van der Waals surface area (Å²) in [5, 5.41) is 9.50. The normalized spacial score (nSPS) is 11.6. The van der Waals surface area contributed by atoms with E-state index >= 15 is 0 Å². The minimum Gasteiger partial charge on any atom is -0.473 e. The molecule has 0 aliphatic heterocycles. The minimum atomic E-state index is -0.0346. The summed E-state index contributed by atoms with van der Waals surface area (Å²) in [6.45, 7) is 3.98. The van der Waals surface area contributed by atoms with Crippen molar-refractivity contribution in [3.05, 3.63) is 66.4 Å². The van der Waals surface area contributed by atoms with Gasteiger partial charge in [-0.05, 0) is 13.3 Å². The van der Waals surface area contributed by atoms with Gasteiger partial charge in [-0.3, -0.25) is 0 Å². The van der Waals surface area contributed by atoms with Crippen molar-refractivity contribution in [1.29, 1.82) is 5.26 Å². The third-order valence-electron chi connectivity index (χ3n) is 3.95. The SMILES string of the molecule is CCC(C)Oc1nc(-c2ccccc2)c(-c2ccccc2)nc1C#N. The summed E-state index contributed by atoms with van der Waals surface area (Å²) in [5.41, 5.74) is 3.45. The Morgan fingerprint density at radius 3 is 1.92 bits per heavy atom. The lowest BCUT2D eigenvalue weighted by Gasteiger charge is -2.16. The molecular weight excluding hydrogens is 310 g/mol. The Hall–Kier alpha value is -3.19. The zero-order chi connectivity index (χ0) is 17.6. The summed E-state index contributed by atoms with van der Waals surface area (Å²) in [5.74, 6) is 0.287. The number of nitriles is 1. The first-order valence-electron chi connectivity index (χ1n) is 8.32. The van der Waals surface area contributed by atoms with Gasteiger partial charge in [0.25, 0.3) is 5.88 Å². The molecule has 0 radical (unpaired) electrons. The largest absolute Gasteiger partial charge is 0.473 e. The highest BCUT2D eigenvalue weighted by Gasteiger charge is 2.18. The molecule has 0 aliphatic rings. The van der Waals surface area contributed by atoms with E-state index in [1.807, 2.05) is 74.5 Å². The minimum absolute atomic E-state index is 0.0346.